The average molecular weight is 468 g/mol. The van der Waals surface area contributed by atoms with Crippen LogP contribution in [0.5, 0.6) is 5.75 Å². The van der Waals surface area contributed by atoms with E-state index >= 15 is 0 Å². The number of ketones is 2. The fraction of sp³-hybridized carbons (Fsp3) is 0.462. The molecule has 2 fully saturated rings. The Morgan fingerprint density at radius 2 is 1.76 bits per heavy atom. The Hall–Kier alpha value is -3.13. The first-order chi connectivity index (χ1) is 16.5. The second-order valence-corrected chi connectivity index (χ2v) is 8.99. The molecule has 1 N–H and O–H groups in total. The molecule has 0 saturated carbocycles. The average Bonchev–Trinajstić information content (AvgIpc) is 2.89. The summed E-state index contributed by atoms with van der Waals surface area (Å²) in [5.41, 5.74) is 1.31. The summed E-state index contributed by atoms with van der Waals surface area (Å²) in [6.45, 7) is 1.95. The molecule has 1 aromatic heterocycles. The molecule has 1 unspecified atom stereocenters. The predicted octanol–water partition coefficient (Wildman–Crippen LogP) is 3.35. The number of likely N-dealkylation sites (tertiary alicyclic amines) is 1. The number of benzene rings is 1. The van der Waals surface area contributed by atoms with Crippen molar-refractivity contribution in [2.24, 2.45) is 11.8 Å². The quantitative estimate of drug-likeness (QED) is 0.629. The van der Waals surface area contributed by atoms with Crippen LogP contribution in [0.2, 0.25) is 0 Å². The molecule has 2 atom stereocenters. The van der Waals surface area contributed by atoms with E-state index in [0.717, 1.165) is 0 Å². The minimum absolute atomic E-state index is 0.0833. The zero-order chi connectivity index (χ0) is 24.1. The highest BCUT2D eigenvalue weighted by Crippen LogP contribution is 2.25. The topological polar surface area (TPSA) is 88.6 Å². The Labute approximate surface area is 198 Å². The normalized spacial score (nSPS) is 21.2. The molecule has 8 heteroatoms. The van der Waals surface area contributed by atoms with Gasteiger partial charge in [0.2, 0.25) is 0 Å². The van der Waals surface area contributed by atoms with Gasteiger partial charge in [-0.2, -0.15) is 0 Å². The molecule has 1 amide bonds. The zero-order valence-electron chi connectivity index (χ0n) is 19.3. The molecule has 2 aliphatic rings. The number of carbonyl (C=O) groups is 3. The number of alkyl halides is 1. The fourth-order valence-electron chi connectivity index (χ4n) is 4.64. The molecule has 34 heavy (non-hydrogen) atoms. The third-order valence-corrected chi connectivity index (χ3v) is 6.82. The van der Waals surface area contributed by atoms with E-state index in [1.54, 1.807) is 48.4 Å². The highest BCUT2D eigenvalue weighted by atomic mass is 19.1. The predicted molar refractivity (Wildman–Crippen MR) is 125 cm³/mol. The first kappa shape index (κ1) is 24.0. The largest absolute Gasteiger partial charge is 0.497 e. The van der Waals surface area contributed by atoms with Gasteiger partial charge in [0.25, 0.3) is 5.91 Å². The summed E-state index contributed by atoms with van der Waals surface area (Å²) in [5, 5.41) is 2.99. The maximum absolute atomic E-state index is 14.0. The van der Waals surface area contributed by atoms with Gasteiger partial charge in [-0.25, -0.2) is 4.39 Å². The lowest BCUT2D eigenvalue weighted by atomic mass is 9.88. The van der Waals surface area contributed by atoms with Crippen molar-refractivity contribution >= 4 is 17.5 Å². The van der Waals surface area contributed by atoms with Gasteiger partial charge in [0, 0.05) is 49.3 Å². The smallest absolute Gasteiger partial charge is 0.272 e. The number of methoxy groups -OCH3 is 1. The number of Topliss-reactive ketones (excluding diaryl/α,β-unsaturated/α-hetero) is 2. The van der Waals surface area contributed by atoms with Gasteiger partial charge in [-0.1, -0.05) is 0 Å². The van der Waals surface area contributed by atoms with Crippen LogP contribution in [0, 0.1) is 11.8 Å². The number of nitrogens with one attached hydrogen (secondary N) is 1. The highest BCUT2D eigenvalue weighted by molar-refractivity contribution is 5.99. The van der Waals surface area contributed by atoms with Crippen molar-refractivity contribution in [1.29, 1.82) is 0 Å². The highest BCUT2D eigenvalue weighted by Gasteiger charge is 2.30. The SMILES string of the molecule is COc1ccc(C(=O)C2CCN(C(=O)c3ccc(C(=O)CC4CCNC[C@H]4F)cn3)CC2)cc1. The van der Waals surface area contributed by atoms with Crippen LogP contribution in [0.4, 0.5) is 4.39 Å². The lowest BCUT2D eigenvalue weighted by Gasteiger charge is -2.31. The first-order valence-electron chi connectivity index (χ1n) is 11.8. The number of aromatic nitrogens is 1. The van der Waals surface area contributed by atoms with Gasteiger partial charge in [-0.05, 0) is 68.1 Å². The molecule has 3 heterocycles. The minimum Gasteiger partial charge on any atom is -0.497 e. The number of rotatable bonds is 7. The van der Waals surface area contributed by atoms with E-state index < -0.39 is 6.17 Å². The molecule has 0 spiro atoms. The molecular formula is C26H30FN3O4. The van der Waals surface area contributed by atoms with E-state index in [-0.39, 0.29) is 48.0 Å². The van der Waals surface area contributed by atoms with Gasteiger partial charge in [0.15, 0.2) is 11.6 Å². The van der Waals surface area contributed by atoms with Crippen molar-refractivity contribution in [3.63, 3.8) is 0 Å². The van der Waals surface area contributed by atoms with E-state index in [0.29, 0.717) is 55.8 Å². The number of halogens is 1. The van der Waals surface area contributed by atoms with Crippen molar-refractivity contribution < 1.29 is 23.5 Å². The van der Waals surface area contributed by atoms with E-state index in [1.807, 2.05) is 0 Å². The summed E-state index contributed by atoms with van der Waals surface area (Å²) in [5.74, 6) is 0.0159. The van der Waals surface area contributed by atoms with E-state index in [1.165, 1.54) is 6.20 Å². The number of pyridine rings is 1. The van der Waals surface area contributed by atoms with Gasteiger partial charge in [-0.3, -0.25) is 19.4 Å². The summed E-state index contributed by atoms with van der Waals surface area (Å²) in [7, 11) is 1.58. The molecule has 180 valence electrons. The Morgan fingerprint density at radius 3 is 2.38 bits per heavy atom. The number of piperidine rings is 2. The van der Waals surface area contributed by atoms with Crippen LogP contribution in [0.1, 0.15) is 56.9 Å². The van der Waals surface area contributed by atoms with Gasteiger partial charge < -0.3 is 15.0 Å². The number of nitrogens with zero attached hydrogens (tertiary/aromatic N) is 2. The van der Waals surface area contributed by atoms with Crippen LogP contribution in [-0.4, -0.2) is 66.8 Å². The Kier molecular flexibility index (Phi) is 7.67. The Morgan fingerprint density at radius 1 is 1.06 bits per heavy atom. The Balaban J connectivity index is 1.30. The molecule has 0 bridgehead atoms. The monoisotopic (exact) mass is 467 g/mol. The zero-order valence-corrected chi connectivity index (χ0v) is 19.3. The molecular weight excluding hydrogens is 437 g/mol. The molecule has 0 aliphatic carbocycles. The minimum atomic E-state index is -1.02. The number of hydrogen-bond donors (Lipinski definition) is 1. The van der Waals surface area contributed by atoms with Crippen LogP contribution >= 0.6 is 0 Å². The maximum Gasteiger partial charge on any atom is 0.272 e. The number of hydrogen-bond acceptors (Lipinski definition) is 6. The van der Waals surface area contributed by atoms with Crippen molar-refractivity contribution in [2.45, 2.75) is 31.9 Å². The van der Waals surface area contributed by atoms with Gasteiger partial charge in [0.1, 0.15) is 17.6 Å². The van der Waals surface area contributed by atoms with Crippen LogP contribution < -0.4 is 10.1 Å². The fourth-order valence-corrected chi connectivity index (χ4v) is 4.64. The summed E-state index contributed by atoms with van der Waals surface area (Å²) < 4.78 is 19.1. The number of amides is 1. The van der Waals surface area contributed by atoms with E-state index in [9.17, 15) is 18.8 Å². The molecule has 2 aliphatic heterocycles. The summed E-state index contributed by atoms with van der Waals surface area (Å²) in [6, 6.07) is 10.2. The second kappa shape index (κ2) is 10.9. The molecule has 2 aromatic rings. The molecule has 1 aromatic carbocycles. The van der Waals surface area contributed by atoms with Crippen molar-refractivity contribution in [3.8, 4) is 5.75 Å². The van der Waals surface area contributed by atoms with Crippen LogP contribution in [-0.2, 0) is 0 Å². The summed E-state index contributed by atoms with van der Waals surface area (Å²) in [4.78, 5) is 44.1. The Bertz CT molecular complexity index is 1020. The number of carbonyl (C=O) groups excluding carboxylic acids is 3. The summed E-state index contributed by atoms with van der Waals surface area (Å²) >= 11 is 0. The number of ether oxygens (including phenoxy) is 1. The molecule has 0 radical (unpaired) electrons. The summed E-state index contributed by atoms with van der Waals surface area (Å²) in [6.07, 6.45) is 2.35. The molecule has 2 saturated heterocycles. The maximum atomic E-state index is 14.0. The van der Waals surface area contributed by atoms with Gasteiger partial charge in [0.05, 0.1) is 7.11 Å². The van der Waals surface area contributed by atoms with Crippen molar-refractivity contribution in [1.82, 2.24) is 15.2 Å². The third kappa shape index (κ3) is 5.50. The lowest BCUT2D eigenvalue weighted by molar-refractivity contribution is 0.0645. The van der Waals surface area contributed by atoms with Crippen LogP contribution in [0.15, 0.2) is 42.6 Å². The molecule has 7 nitrogen and oxygen atoms in total. The van der Waals surface area contributed by atoms with E-state index in [2.05, 4.69) is 10.3 Å². The standard InChI is InChI=1S/C26H30FN3O4/c1-34-21-5-2-17(3-6-21)25(32)18-9-12-30(13-10-18)26(33)23-7-4-20(15-29-23)24(31)14-19-8-11-28-16-22(19)27/h2-7,15,18-19,22,28H,8-14,16H2,1H3/t19?,22-/m1/s1. The van der Waals surface area contributed by atoms with Gasteiger partial charge >= 0.3 is 0 Å². The first-order valence-corrected chi connectivity index (χ1v) is 11.8. The third-order valence-electron chi connectivity index (χ3n) is 6.82. The van der Waals surface area contributed by atoms with E-state index in [4.69, 9.17) is 4.74 Å². The van der Waals surface area contributed by atoms with Crippen molar-refractivity contribution in [3.05, 3.63) is 59.4 Å². The van der Waals surface area contributed by atoms with Crippen molar-refractivity contribution in [2.75, 3.05) is 33.3 Å². The van der Waals surface area contributed by atoms with Crippen LogP contribution in [0.25, 0.3) is 0 Å². The van der Waals surface area contributed by atoms with Crippen LogP contribution in [0.3, 0.4) is 0 Å². The molecule has 4 rings (SSSR count). The van der Waals surface area contributed by atoms with Gasteiger partial charge in [-0.15, -0.1) is 0 Å². The second-order valence-electron chi connectivity index (χ2n) is 8.99. The lowest BCUT2D eigenvalue weighted by Crippen LogP contribution is -2.40.